The number of carbonyl (C=O) groups excluding carboxylic acids is 2. The van der Waals surface area contributed by atoms with E-state index in [9.17, 15) is 9.59 Å². The quantitative estimate of drug-likeness (QED) is 0.212. The van der Waals surface area contributed by atoms with Crippen molar-refractivity contribution in [3.63, 3.8) is 0 Å². The standard InChI is InChI=1S/C26H24Cl3N3O4/c1-35-24-13-17(9-12-23(24)36-16-18-5-2-3-6-20(18)27)15-30-32-26(34)8-4-7-25(33)31-19-10-11-21(28)22(29)14-19/h2-3,5-6,9-15H,4,7-8,16H2,1H3,(H,31,33)(H,32,34)/b30-15-. The first-order valence-electron chi connectivity index (χ1n) is 11.0. The molecule has 0 spiro atoms. The fourth-order valence-electron chi connectivity index (χ4n) is 3.10. The monoisotopic (exact) mass is 547 g/mol. The van der Waals surface area contributed by atoms with Crippen LogP contribution >= 0.6 is 34.8 Å². The fourth-order valence-corrected chi connectivity index (χ4v) is 3.58. The first-order chi connectivity index (χ1) is 17.4. The molecule has 0 saturated heterocycles. The van der Waals surface area contributed by atoms with E-state index >= 15 is 0 Å². The van der Waals surface area contributed by atoms with Crippen LogP contribution in [0.3, 0.4) is 0 Å². The lowest BCUT2D eigenvalue weighted by atomic mass is 10.2. The summed E-state index contributed by atoms with van der Waals surface area (Å²) in [5.41, 5.74) is 4.56. The number of hydrogen-bond donors (Lipinski definition) is 2. The molecule has 36 heavy (non-hydrogen) atoms. The van der Waals surface area contributed by atoms with Crippen molar-refractivity contribution < 1.29 is 19.1 Å². The van der Waals surface area contributed by atoms with E-state index in [2.05, 4.69) is 15.8 Å². The van der Waals surface area contributed by atoms with Gasteiger partial charge in [-0.05, 0) is 54.4 Å². The highest BCUT2D eigenvalue weighted by atomic mass is 35.5. The van der Waals surface area contributed by atoms with E-state index < -0.39 is 0 Å². The number of ether oxygens (including phenoxy) is 2. The van der Waals surface area contributed by atoms with Crippen molar-refractivity contribution in [3.8, 4) is 11.5 Å². The molecule has 3 aromatic carbocycles. The molecule has 3 rings (SSSR count). The highest BCUT2D eigenvalue weighted by molar-refractivity contribution is 6.42. The summed E-state index contributed by atoms with van der Waals surface area (Å²) in [5.74, 6) is 0.539. The second-order valence-corrected chi connectivity index (χ2v) is 8.84. The molecule has 0 unspecified atom stereocenters. The molecule has 0 aromatic heterocycles. The second-order valence-electron chi connectivity index (χ2n) is 7.61. The molecule has 0 heterocycles. The van der Waals surface area contributed by atoms with E-state index in [-0.39, 0.29) is 24.7 Å². The summed E-state index contributed by atoms with van der Waals surface area (Å²) in [4.78, 5) is 24.1. The van der Waals surface area contributed by atoms with E-state index in [0.717, 1.165) is 5.56 Å². The lowest BCUT2D eigenvalue weighted by Crippen LogP contribution is -2.18. The van der Waals surface area contributed by atoms with Crippen LogP contribution in [-0.2, 0) is 16.2 Å². The van der Waals surface area contributed by atoms with Gasteiger partial charge in [0.05, 0.1) is 23.4 Å². The summed E-state index contributed by atoms with van der Waals surface area (Å²) in [7, 11) is 1.54. The average molecular weight is 549 g/mol. The number of nitrogens with one attached hydrogen (secondary N) is 2. The highest BCUT2D eigenvalue weighted by Gasteiger charge is 2.09. The minimum Gasteiger partial charge on any atom is -0.493 e. The Morgan fingerprint density at radius 3 is 2.42 bits per heavy atom. The molecular weight excluding hydrogens is 525 g/mol. The van der Waals surface area contributed by atoms with Crippen LogP contribution < -0.4 is 20.2 Å². The molecule has 0 saturated carbocycles. The van der Waals surface area contributed by atoms with Crippen LogP contribution in [0.25, 0.3) is 0 Å². The number of hydrazone groups is 1. The number of carbonyl (C=O) groups is 2. The van der Waals surface area contributed by atoms with Crippen molar-refractivity contribution in [2.45, 2.75) is 25.9 Å². The van der Waals surface area contributed by atoms with E-state index in [0.29, 0.717) is 50.8 Å². The van der Waals surface area contributed by atoms with Gasteiger partial charge in [0.25, 0.3) is 0 Å². The van der Waals surface area contributed by atoms with Crippen molar-refractivity contribution in [2.24, 2.45) is 5.10 Å². The van der Waals surface area contributed by atoms with Gasteiger partial charge in [0.2, 0.25) is 11.8 Å². The van der Waals surface area contributed by atoms with Crippen LogP contribution in [-0.4, -0.2) is 25.1 Å². The van der Waals surface area contributed by atoms with Crippen molar-refractivity contribution in [2.75, 3.05) is 12.4 Å². The van der Waals surface area contributed by atoms with E-state index in [1.54, 1.807) is 42.5 Å². The summed E-state index contributed by atoms with van der Waals surface area (Å²) in [6.45, 7) is 0.297. The minimum atomic E-state index is -0.305. The summed E-state index contributed by atoms with van der Waals surface area (Å²) in [6.07, 6.45) is 2.17. The van der Waals surface area contributed by atoms with E-state index in [1.165, 1.54) is 13.3 Å². The third kappa shape index (κ3) is 8.45. The zero-order chi connectivity index (χ0) is 25.9. The Morgan fingerprint density at radius 2 is 1.67 bits per heavy atom. The van der Waals surface area contributed by atoms with E-state index in [4.69, 9.17) is 44.3 Å². The van der Waals surface area contributed by atoms with Crippen molar-refractivity contribution >= 4 is 58.5 Å². The first-order valence-corrected chi connectivity index (χ1v) is 12.1. The molecule has 0 radical (unpaired) electrons. The molecule has 0 fully saturated rings. The van der Waals surface area contributed by atoms with Crippen LogP contribution in [0.15, 0.2) is 65.8 Å². The van der Waals surface area contributed by atoms with Gasteiger partial charge < -0.3 is 14.8 Å². The summed E-state index contributed by atoms with van der Waals surface area (Å²) >= 11 is 18.0. The van der Waals surface area contributed by atoms with Crippen LogP contribution in [0.2, 0.25) is 15.1 Å². The maximum absolute atomic E-state index is 12.0. The maximum Gasteiger partial charge on any atom is 0.240 e. The SMILES string of the molecule is COc1cc(/C=N\NC(=O)CCCC(=O)Nc2ccc(Cl)c(Cl)c2)ccc1OCc1ccccc1Cl. The lowest BCUT2D eigenvalue weighted by molar-refractivity contribution is -0.121. The lowest BCUT2D eigenvalue weighted by Gasteiger charge is -2.12. The Balaban J connectivity index is 1.43. The van der Waals surface area contributed by atoms with Gasteiger partial charge >= 0.3 is 0 Å². The molecule has 0 atom stereocenters. The average Bonchev–Trinajstić information content (AvgIpc) is 2.86. The van der Waals surface area contributed by atoms with Crippen LogP contribution in [0.1, 0.15) is 30.4 Å². The summed E-state index contributed by atoms with van der Waals surface area (Å²) < 4.78 is 11.2. The normalized spacial score (nSPS) is 10.8. The van der Waals surface area contributed by atoms with Gasteiger partial charge in [-0.15, -0.1) is 0 Å². The van der Waals surface area contributed by atoms with Crippen LogP contribution in [0.5, 0.6) is 11.5 Å². The largest absolute Gasteiger partial charge is 0.493 e. The second kappa shape index (κ2) is 13.7. The Hall–Kier alpha value is -3.26. The van der Waals surface area contributed by atoms with Gasteiger partial charge in [0.15, 0.2) is 11.5 Å². The van der Waals surface area contributed by atoms with E-state index in [1.807, 2.05) is 18.2 Å². The van der Waals surface area contributed by atoms with Gasteiger partial charge in [-0.3, -0.25) is 9.59 Å². The van der Waals surface area contributed by atoms with Crippen LogP contribution in [0, 0.1) is 0 Å². The molecule has 188 valence electrons. The van der Waals surface area contributed by atoms with Crippen molar-refractivity contribution in [3.05, 3.63) is 86.9 Å². The fraction of sp³-hybridized carbons (Fsp3) is 0.192. The molecule has 0 aliphatic carbocycles. The molecule has 3 aromatic rings. The number of nitrogens with zero attached hydrogens (tertiary/aromatic N) is 1. The smallest absolute Gasteiger partial charge is 0.240 e. The number of rotatable bonds is 11. The third-order valence-corrected chi connectivity index (χ3v) is 6.05. The van der Waals surface area contributed by atoms with Crippen molar-refractivity contribution in [1.82, 2.24) is 5.43 Å². The molecule has 0 aliphatic rings. The third-order valence-electron chi connectivity index (χ3n) is 4.94. The summed E-state index contributed by atoms with van der Waals surface area (Å²) in [6, 6.07) is 17.5. The Labute approximate surface area is 224 Å². The Kier molecular flexibility index (Phi) is 10.4. The predicted octanol–water partition coefficient (Wildman–Crippen LogP) is 6.49. The number of benzene rings is 3. The number of amides is 2. The molecule has 7 nitrogen and oxygen atoms in total. The van der Waals surface area contributed by atoms with Crippen molar-refractivity contribution in [1.29, 1.82) is 0 Å². The zero-order valence-electron chi connectivity index (χ0n) is 19.4. The highest BCUT2D eigenvalue weighted by Crippen LogP contribution is 2.29. The van der Waals surface area contributed by atoms with Gasteiger partial charge in [0, 0.05) is 29.1 Å². The Morgan fingerprint density at radius 1 is 0.889 bits per heavy atom. The van der Waals surface area contributed by atoms with Crippen LogP contribution in [0.4, 0.5) is 5.69 Å². The van der Waals surface area contributed by atoms with Gasteiger partial charge in [0.1, 0.15) is 6.61 Å². The van der Waals surface area contributed by atoms with Gasteiger partial charge in [-0.1, -0.05) is 53.0 Å². The van der Waals surface area contributed by atoms with Gasteiger partial charge in [-0.2, -0.15) is 5.10 Å². The molecule has 10 heteroatoms. The number of hydrogen-bond acceptors (Lipinski definition) is 5. The van der Waals surface area contributed by atoms with Gasteiger partial charge in [-0.25, -0.2) is 5.43 Å². The first kappa shape index (κ1) is 27.3. The number of anilines is 1. The zero-order valence-corrected chi connectivity index (χ0v) is 21.7. The topological polar surface area (TPSA) is 89.0 Å². The molecule has 0 bridgehead atoms. The molecule has 2 N–H and O–H groups in total. The number of methoxy groups -OCH3 is 1. The molecule has 2 amide bonds. The predicted molar refractivity (Wildman–Crippen MR) is 143 cm³/mol. The molecular formula is C26H24Cl3N3O4. The summed E-state index contributed by atoms with van der Waals surface area (Å²) in [5, 5.41) is 8.07. The Bertz CT molecular complexity index is 1250. The minimum absolute atomic E-state index is 0.143. The maximum atomic E-state index is 12.0. The number of halogens is 3. The molecule has 0 aliphatic heterocycles.